The first kappa shape index (κ1) is 16.2. The highest BCUT2D eigenvalue weighted by Crippen LogP contribution is 2.49. The maximum Gasteiger partial charge on any atom is 0.261 e. The molecule has 3 atom stereocenters. The second-order valence-electron chi connectivity index (χ2n) is 7.60. The Kier molecular flexibility index (Phi) is 3.83. The van der Waals surface area contributed by atoms with E-state index < -0.39 is 17.4 Å². The summed E-state index contributed by atoms with van der Waals surface area (Å²) in [6.07, 6.45) is 2.86. The third-order valence-corrected chi connectivity index (χ3v) is 6.10. The minimum absolute atomic E-state index is 0.00232. The number of aliphatic hydroxyl groups is 1. The molecule has 1 aromatic rings. The maximum absolute atomic E-state index is 12.6. The first-order valence-corrected chi connectivity index (χ1v) is 8.46. The first-order chi connectivity index (χ1) is 10.8. The van der Waals surface area contributed by atoms with E-state index in [-0.39, 0.29) is 11.2 Å². The zero-order chi connectivity index (χ0) is 16.8. The number of anilines is 1. The van der Waals surface area contributed by atoms with Gasteiger partial charge in [0.05, 0.1) is 5.92 Å². The highest BCUT2D eigenvalue weighted by Gasteiger charge is 2.55. The summed E-state index contributed by atoms with van der Waals surface area (Å²) in [6, 6.07) is 7.13. The third-order valence-electron chi connectivity index (χ3n) is 6.10. The van der Waals surface area contributed by atoms with Gasteiger partial charge in [0.15, 0.2) is 5.60 Å². The molecule has 3 rings (SSSR count). The number of amides is 1. The van der Waals surface area contributed by atoms with Crippen molar-refractivity contribution >= 4 is 17.4 Å². The van der Waals surface area contributed by atoms with Crippen molar-refractivity contribution in [3.63, 3.8) is 0 Å². The standard InChI is InChI=1S/C19H25NO3/c1-4-18(2,3)12-9-10-16(21)14(11-12)19(23)13-7-5-6-8-15(13)20-17(19)22/h5-8,12,14,23H,4,9-11H2,1-3H3,(H,20,22)/t12-,14-,19-/m1/s1. The number of nitrogens with one attached hydrogen (secondary N) is 1. The average molecular weight is 315 g/mol. The molecule has 0 radical (unpaired) electrons. The molecular weight excluding hydrogens is 290 g/mol. The molecule has 0 bridgehead atoms. The highest BCUT2D eigenvalue weighted by molar-refractivity contribution is 6.08. The number of carbonyl (C=O) groups excluding carboxylic acids is 2. The molecule has 1 saturated carbocycles. The second-order valence-corrected chi connectivity index (χ2v) is 7.60. The van der Waals surface area contributed by atoms with E-state index >= 15 is 0 Å². The monoisotopic (exact) mass is 315 g/mol. The van der Waals surface area contributed by atoms with E-state index in [1.165, 1.54) is 0 Å². The van der Waals surface area contributed by atoms with Crippen molar-refractivity contribution in [1.82, 2.24) is 0 Å². The van der Waals surface area contributed by atoms with Crippen molar-refractivity contribution in [2.24, 2.45) is 17.3 Å². The van der Waals surface area contributed by atoms with Crippen LogP contribution in [0.1, 0.15) is 52.0 Å². The van der Waals surface area contributed by atoms with Gasteiger partial charge in [0, 0.05) is 17.7 Å². The van der Waals surface area contributed by atoms with E-state index in [4.69, 9.17) is 0 Å². The minimum Gasteiger partial charge on any atom is -0.375 e. The van der Waals surface area contributed by atoms with Crippen molar-refractivity contribution < 1.29 is 14.7 Å². The van der Waals surface area contributed by atoms with Crippen LogP contribution in [0.5, 0.6) is 0 Å². The van der Waals surface area contributed by atoms with E-state index in [1.807, 2.05) is 6.07 Å². The molecule has 0 aromatic heterocycles. The van der Waals surface area contributed by atoms with Gasteiger partial charge >= 0.3 is 0 Å². The first-order valence-electron chi connectivity index (χ1n) is 8.46. The predicted octanol–water partition coefficient (Wildman–Crippen LogP) is 3.25. The fraction of sp³-hybridized carbons (Fsp3) is 0.579. The molecule has 124 valence electrons. The molecule has 1 aliphatic heterocycles. The summed E-state index contributed by atoms with van der Waals surface area (Å²) >= 11 is 0. The summed E-state index contributed by atoms with van der Waals surface area (Å²) in [5.74, 6) is -0.787. The SMILES string of the molecule is CCC(C)(C)[C@@H]1CCC(=O)[C@H]([C@@]2(O)C(=O)Nc3ccccc32)C1. The van der Waals surface area contributed by atoms with E-state index in [2.05, 4.69) is 26.1 Å². The van der Waals surface area contributed by atoms with Crippen LogP contribution >= 0.6 is 0 Å². The van der Waals surface area contributed by atoms with Crippen molar-refractivity contribution in [2.75, 3.05) is 5.32 Å². The van der Waals surface area contributed by atoms with Gasteiger partial charge in [-0.25, -0.2) is 0 Å². The Labute approximate surface area is 137 Å². The molecule has 4 heteroatoms. The molecule has 0 saturated heterocycles. The van der Waals surface area contributed by atoms with Gasteiger partial charge in [-0.3, -0.25) is 9.59 Å². The Morgan fingerprint density at radius 3 is 2.70 bits per heavy atom. The number of carbonyl (C=O) groups is 2. The molecule has 1 aliphatic carbocycles. The van der Waals surface area contributed by atoms with Crippen LogP contribution in [0.15, 0.2) is 24.3 Å². The summed E-state index contributed by atoms with van der Waals surface area (Å²) in [5.41, 5.74) is -0.469. The Balaban J connectivity index is 1.99. The average Bonchev–Trinajstić information content (AvgIpc) is 2.80. The minimum atomic E-state index is -1.73. The van der Waals surface area contributed by atoms with Crippen LogP contribution in [0.4, 0.5) is 5.69 Å². The van der Waals surface area contributed by atoms with Crippen LogP contribution in [0, 0.1) is 17.3 Å². The number of fused-ring (bicyclic) bond motifs is 1. The molecule has 1 heterocycles. The Morgan fingerprint density at radius 2 is 2.00 bits per heavy atom. The van der Waals surface area contributed by atoms with Crippen molar-refractivity contribution in [3.05, 3.63) is 29.8 Å². The van der Waals surface area contributed by atoms with Gasteiger partial charge in [0.2, 0.25) is 0 Å². The largest absolute Gasteiger partial charge is 0.375 e. The fourth-order valence-electron chi connectivity index (χ4n) is 4.04. The second kappa shape index (κ2) is 5.45. The molecule has 2 aliphatic rings. The molecule has 0 spiro atoms. The summed E-state index contributed by atoms with van der Waals surface area (Å²) in [6.45, 7) is 6.56. The normalized spacial score (nSPS) is 31.0. The topological polar surface area (TPSA) is 66.4 Å². The summed E-state index contributed by atoms with van der Waals surface area (Å²) in [7, 11) is 0. The molecule has 1 amide bonds. The smallest absolute Gasteiger partial charge is 0.261 e. The zero-order valence-corrected chi connectivity index (χ0v) is 14.1. The molecule has 4 nitrogen and oxygen atoms in total. The Hall–Kier alpha value is -1.68. The van der Waals surface area contributed by atoms with Gasteiger partial charge in [-0.05, 0) is 30.2 Å². The van der Waals surface area contributed by atoms with Gasteiger partial charge in [-0.2, -0.15) is 0 Å². The number of hydrogen-bond donors (Lipinski definition) is 2. The van der Waals surface area contributed by atoms with Crippen molar-refractivity contribution in [2.45, 2.75) is 52.1 Å². The van der Waals surface area contributed by atoms with Crippen molar-refractivity contribution in [1.29, 1.82) is 0 Å². The molecule has 23 heavy (non-hydrogen) atoms. The van der Waals surface area contributed by atoms with E-state index in [0.29, 0.717) is 30.0 Å². The van der Waals surface area contributed by atoms with Crippen LogP contribution in [-0.4, -0.2) is 16.8 Å². The summed E-state index contributed by atoms with van der Waals surface area (Å²) < 4.78 is 0. The third kappa shape index (κ3) is 2.40. The van der Waals surface area contributed by atoms with Gasteiger partial charge in [-0.15, -0.1) is 0 Å². The summed E-state index contributed by atoms with van der Waals surface area (Å²) in [5, 5.41) is 14.0. The Morgan fingerprint density at radius 1 is 1.30 bits per heavy atom. The fourth-order valence-corrected chi connectivity index (χ4v) is 4.04. The number of Topliss-reactive ketones (excluding diaryl/α,β-unsaturated/α-hetero) is 1. The van der Waals surface area contributed by atoms with Gasteiger partial charge in [0.1, 0.15) is 5.78 Å². The van der Waals surface area contributed by atoms with E-state index in [0.717, 1.165) is 12.8 Å². The highest BCUT2D eigenvalue weighted by atomic mass is 16.3. The zero-order valence-electron chi connectivity index (χ0n) is 14.1. The van der Waals surface area contributed by atoms with E-state index in [1.54, 1.807) is 18.2 Å². The maximum atomic E-state index is 12.6. The number of ketones is 1. The van der Waals surface area contributed by atoms with Crippen LogP contribution in [0.3, 0.4) is 0 Å². The number of para-hydroxylation sites is 1. The van der Waals surface area contributed by atoms with Crippen LogP contribution in [-0.2, 0) is 15.2 Å². The van der Waals surface area contributed by atoms with Crippen LogP contribution in [0.25, 0.3) is 0 Å². The van der Waals surface area contributed by atoms with Gasteiger partial charge < -0.3 is 10.4 Å². The molecule has 1 aromatic carbocycles. The molecule has 1 fully saturated rings. The Bertz CT molecular complexity index is 652. The van der Waals surface area contributed by atoms with Crippen molar-refractivity contribution in [3.8, 4) is 0 Å². The lowest BCUT2D eigenvalue weighted by Crippen LogP contribution is -2.49. The van der Waals surface area contributed by atoms with Gasteiger partial charge in [0.25, 0.3) is 5.91 Å². The molecule has 0 unspecified atom stereocenters. The lowest BCUT2D eigenvalue weighted by molar-refractivity contribution is -0.153. The van der Waals surface area contributed by atoms with Gasteiger partial charge in [-0.1, -0.05) is 45.4 Å². The molecular formula is C19H25NO3. The van der Waals surface area contributed by atoms with E-state index in [9.17, 15) is 14.7 Å². The number of hydrogen-bond acceptors (Lipinski definition) is 3. The number of rotatable bonds is 3. The predicted molar refractivity (Wildman–Crippen MR) is 88.9 cm³/mol. The van der Waals surface area contributed by atoms with Crippen LogP contribution < -0.4 is 5.32 Å². The lowest BCUT2D eigenvalue weighted by Gasteiger charge is -2.42. The molecule has 2 N–H and O–H groups in total. The number of benzene rings is 1. The van der Waals surface area contributed by atoms with Crippen LogP contribution in [0.2, 0.25) is 0 Å². The quantitative estimate of drug-likeness (QED) is 0.900. The lowest BCUT2D eigenvalue weighted by atomic mass is 9.62. The summed E-state index contributed by atoms with van der Waals surface area (Å²) in [4.78, 5) is 25.1.